The molecule has 2 N–H and O–H groups in total. The maximum atomic E-state index is 11.9. The first-order valence-electron chi connectivity index (χ1n) is 9.08. The van der Waals surface area contributed by atoms with Crippen LogP contribution in [0.2, 0.25) is 0 Å². The van der Waals surface area contributed by atoms with Crippen molar-refractivity contribution in [2.24, 2.45) is 0 Å². The zero-order valence-corrected chi connectivity index (χ0v) is 15.7. The molecule has 0 aliphatic carbocycles. The minimum Gasteiger partial charge on any atom is -0.445 e. The average molecular weight is 391 g/mol. The van der Waals surface area contributed by atoms with Gasteiger partial charge in [-0.15, -0.1) is 0 Å². The van der Waals surface area contributed by atoms with E-state index in [0.29, 0.717) is 18.2 Å². The minimum absolute atomic E-state index is 0.150. The Labute approximate surface area is 168 Å². The van der Waals surface area contributed by atoms with Crippen LogP contribution >= 0.6 is 0 Å². The van der Waals surface area contributed by atoms with E-state index < -0.39 is 6.09 Å². The molecular formula is C22H21N3O4. The molecule has 2 aromatic carbocycles. The molecule has 0 unspecified atom stereocenters. The molecule has 0 saturated carbocycles. The van der Waals surface area contributed by atoms with Crippen molar-refractivity contribution in [1.29, 1.82) is 0 Å². The summed E-state index contributed by atoms with van der Waals surface area (Å²) in [5.74, 6) is 0.794. The molecule has 7 heteroatoms. The first kappa shape index (κ1) is 19.9. The van der Waals surface area contributed by atoms with Gasteiger partial charge in [-0.1, -0.05) is 48.5 Å². The number of rotatable bonds is 8. The number of pyridine rings is 1. The Kier molecular flexibility index (Phi) is 7.17. The standard InChI is InChI=1S/C22H21N3O4/c26-20(15-25-22(27)28-16-17-7-2-1-3-8-17)24-14-18-9-6-10-19(13-18)29-21-11-4-5-12-23-21/h1-13H,14-16H2,(H,24,26)(H,25,27). The molecule has 0 saturated heterocycles. The number of alkyl carbamates (subject to hydrolysis) is 1. The molecular weight excluding hydrogens is 370 g/mol. The number of nitrogens with zero attached hydrogens (tertiary/aromatic N) is 1. The van der Waals surface area contributed by atoms with E-state index in [2.05, 4.69) is 15.6 Å². The van der Waals surface area contributed by atoms with Gasteiger partial charge in [0.25, 0.3) is 0 Å². The van der Waals surface area contributed by atoms with E-state index in [-0.39, 0.29) is 19.1 Å². The van der Waals surface area contributed by atoms with Crippen LogP contribution in [-0.4, -0.2) is 23.5 Å². The maximum absolute atomic E-state index is 11.9. The van der Waals surface area contributed by atoms with Crippen LogP contribution in [0, 0.1) is 0 Å². The lowest BCUT2D eigenvalue weighted by atomic mass is 10.2. The van der Waals surface area contributed by atoms with Crippen molar-refractivity contribution in [3.8, 4) is 11.6 Å². The van der Waals surface area contributed by atoms with E-state index >= 15 is 0 Å². The van der Waals surface area contributed by atoms with Crippen LogP contribution in [-0.2, 0) is 22.7 Å². The summed E-state index contributed by atoms with van der Waals surface area (Å²) in [6.45, 7) is 0.286. The summed E-state index contributed by atoms with van der Waals surface area (Å²) in [4.78, 5) is 27.7. The summed E-state index contributed by atoms with van der Waals surface area (Å²) in [5, 5.41) is 5.17. The lowest BCUT2D eigenvalue weighted by Crippen LogP contribution is -2.36. The molecule has 0 radical (unpaired) electrons. The summed E-state index contributed by atoms with van der Waals surface area (Å²) < 4.78 is 10.7. The zero-order valence-electron chi connectivity index (χ0n) is 15.7. The van der Waals surface area contributed by atoms with Crippen LogP contribution < -0.4 is 15.4 Å². The quantitative estimate of drug-likeness (QED) is 0.614. The predicted molar refractivity (Wildman–Crippen MR) is 107 cm³/mol. The van der Waals surface area contributed by atoms with Gasteiger partial charge in [-0.2, -0.15) is 0 Å². The molecule has 148 valence electrons. The fraction of sp³-hybridized carbons (Fsp3) is 0.136. The molecule has 7 nitrogen and oxygen atoms in total. The topological polar surface area (TPSA) is 89.6 Å². The number of hydrogen-bond acceptors (Lipinski definition) is 5. The van der Waals surface area contributed by atoms with Crippen molar-refractivity contribution in [2.45, 2.75) is 13.2 Å². The smallest absolute Gasteiger partial charge is 0.407 e. The van der Waals surface area contributed by atoms with Gasteiger partial charge in [0.05, 0.1) is 0 Å². The second-order valence-corrected chi connectivity index (χ2v) is 6.11. The van der Waals surface area contributed by atoms with Gasteiger partial charge in [0, 0.05) is 18.8 Å². The van der Waals surface area contributed by atoms with E-state index in [4.69, 9.17) is 9.47 Å². The van der Waals surface area contributed by atoms with Gasteiger partial charge in [-0.05, 0) is 29.3 Å². The Hall–Kier alpha value is -3.87. The van der Waals surface area contributed by atoms with Gasteiger partial charge in [-0.25, -0.2) is 9.78 Å². The molecule has 0 spiro atoms. The fourth-order valence-electron chi connectivity index (χ4n) is 2.44. The molecule has 1 heterocycles. The molecule has 2 amide bonds. The lowest BCUT2D eigenvalue weighted by Gasteiger charge is -2.09. The van der Waals surface area contributed by atoms with Crippen molar-refractivity contribution in [2.75, 3.05) is 6.54 Å². The number of nitrogens with one attached hydrogen (secondary N) is 2. The highest BCUT2D eigenvalue weighted by Gasteiger charge is 2.07. The van der Waals surface area contributed by atoms with Gasteiger partial charge < -0.3 is 20.1 Å². The average Bonchev–Trinajstić information content (AvgIpc) is 2.76. The Morgan fingerprint density at radius 3 is 2.45 bits per heavy atom. The molecule has 3 aromatic rings. The van der Waals surface area contributed by atoms with Crippen molar-refractivity contribution < 1.29 is 19.1 Å². The predicted octanol–water partition coefficient (Wildman–Crippen LogP) is 3.42. The lowest BCUT2D eigenvalue weighted by molar-refractivity contribution is -0.120. The third-order valence-corrected chi connectivity index (χ3v) is 3.85. The number of hydrogen-bond donors (Lipinski definition) is 2. The zero-order chi connectivity index (χ0) is 20.3. The van der Waals surface area contributed by atoms with Gasteiger partial charge in [0.1, 0.15) is 18.9 Å². The third kappa shape index (κ3) is 6.99. The first-order chi connectivity index (χ1) is 14.2. The Bertz CT molecular complexity index is 933. The molecule has 0 atom stereocenters. The summed E-state index contributed by atoms with van der Waals surface area (Å²) in [5.41, 5.74) is 1.73. The molecule has 0 aliphatic rings. The van der Waals surface area contributed by atoms with Gasteiger partial charge in [0.15, 0.2) is 0 Å². The van der Waals surface area contributed by atoms with Crippen LogP contribution in [0.5, 0.6) is 11.6 Å². The Morgan fingerprint density at radius 1 is 0.862 bits per heavy atom. The number of benzene rings is 2. The van der Waals surface area contributed by atoms with Gasteiger partial charge >= 0.3 is 6.09 Å². The molecule has 0 bridgehead atoms. The SMILES string of the molecule is O=C(CNC(=O)OCc1ccccc1)NCc1cccc(Oc2ccccn2)c1. The molecule has 1 aromatic heterocycles. The Morgan fingerprint density at radius 2 is 1.66 bits per heavy atom. The largest absolute Gasteiger partial charge is 0.445 e. The molecule has 29 heavy (non-hydrogen) atoms. The van der Waals surface area contributed by atoms with E-state index in [0.717, 1.165) is 11.1 Å². The molecule has 3 rings (SSSR count). The van der Waals surface area contributed by atoms with Crippen LogP contribution in [0.1, 0.15) is 11.1 Å². The summed E-state index contributed by atoms with van der Waals surface area (Å²) in [7, 11) is 0. The summed E-state index contributed by atoms with van der Waals surface area (Å²) in [6.07, 6.45) is 1.01. The van der Waals surface area contributed by atoms with Crippen molar-refractivity contribution >= 4 is 12.0 Å². The van der Waals surface area contributed by atoms with E-state index in [1.54, 1.807) is 12.3 Å². The highest BCUT2D eigenvalue weighted by Crippen LogP contribution is 2.19. The Balaban J connectivity index is 1.39. The second-order valence-electron chi connectivity index (χ2n) is 6.11. The van der Waals surface area contributed by atoms with Gasteiger partial charge in [0.2, 0.25) is 11.8 Å². The monoisotopic (exact) mass is 391 g/mol. The number of amides is 2. The highest BCUT2D eigenvalue weighted by molar-refractivity contribution is 5.82. The highest BCUT2D eigenvalue weighted by atomic mass is 16.5. The third-order valence-electron chi connectivity index (χ3n) is 3.85. The maximum Gasteiger partial charge on any atom is 0.407 e. The molecule has 0 fully saturated rings. The molecule has 0 aliphatic heterocycles. The normalized spacial score (nSPS) is 10.1. The number of aromatic nitrogens is 1. The van der Waals surface area contributed by atoms with Crippen LogP contribution in [0.25, 0.3) is 0 Å². The van der Waals surface area contributed by atoms with Crippen molar-refractivity contribution in [3.63, 3.8) is 0 Å². The second kappa shape index (κ2) is 10.5. The summed E-state index contributed by atoms with van der Waals surface area (Å²) >= 11 is 0. The van der Waals surface area contributed by atoms with Crippen molar-refractivity contribution in [3.05, 3.63) is 90.1 Å². The fourth-order valence-corrected chi connectivity index (χ4v) is 2.44. The number of carbonyl (C=O) groups excluding carboxylic acids is 2. The van der Waals surface area contributed by atoms with E-state index in [9.17, 15) is 9.59 Å². The van der Waals surface area contributed by atoms with E-state index in [1.807, 2.05) is 66.7 Å². The van der Waals surface area contributed by atoms with Crippen LogP contribution in [0.3, 0.4) is 0 Å². The number of carbonyl (C=O) groups is 2. The van der Waals surface area contributed by atoms with Crippen LogP contribution in [0.15, 0.2) is 79.0 Å². The first-order valence-corrected chi connectivity index (χ1v) is 9.08. The van der Waals surface area contributed by atoms with E-state index in [1.165, 1.54) is 0 Å². The van der Waals surface area contributed by atoms with Crippen LogP contribution in [0.4, 0.5) is 4.79 Å². The number of ether oxygens (including phenoxy) is 2. The van der Waals surface area contributed by atoms with Crippen molar-refractivity contribution in [1.82, 2.24) is 15.6 Å². The minimum atomic E-state index is -0.644. The summed E-state index contributed by atoms with van der Waals surface area (Å²) in [6, 6.07) is 22.0. The van der Waals surface area contributed by atoms with Gasteiger partial charge in [-0.3, -0.25) is 4.79 Å².